The number of thioether (sulfide) groups is 1. The summed E-state index contributed by atoms with van der Waals surface area (Å²) in [4.78, 5) is 26.3. The number of methoxy groups -OCH3 is 1. The highest BCUT2D eigenvalue weighted by atomic mass is 35.5. The van der Waals surface area contributed by atoms with E-state index in [9.17, 15) is 9.59 Å². The molecule has 1 fully saturated rings. The minimum absolute atomic E-state index is 0. The van der Waals surface area contributed by atoms with Crippen molar-refractivity contribution in [2.24, 2.45) is 5.73 Å². The Balaban J connectivity index is 0.00000261. The van der Waals surface area contributed by atoms with E-state index in [0.717, 1.165) is 11.3 Å². The van der Waals surface area contributed by atoms with Gasteiger partial charge >= 0.3 is 5.97 Å². The Hall–Kier alpha value is -1.67. The number of fused-ring (bicyclic) bond motifs is 1. The summed E-state index contributed by atoms with van der Waals surface area (Å²) >= 11 is 7.23. The van der Waals surface area contributed by atoms with E-state index in [1.165, 1.54) is 16.7 Å². The van der Waals surface area contributed by atoms with Crippen LogP contribution in [0.4, 0.5) is 0 Å². The lowest BCUT2D eigenvalue weighted by Gasteiger charge is -2.48. The molecule has 0 radical (unpaired) electrons. The molecule has 27 heavy (non-hydrogen) atoms. The first-order valence-electron chi connectivity index (χ1n) is 8.02. The number of amides is 1. The van der Waals surface area contributed by atoms with Crippen molar-refractivity contribution >= 4 is 47.6 Å². The van der Waals surface area contributed by atoms with Gasteiger partial charge in [-0.05, 0) is 23.3 Å². The maximum atomic E-state index is 12.7. The van der Waals surface area contributed by atoms with Crippen LogP contribution in [0.15, 0.2) is 47.7 Å². The summed E-state index contributed by atoms with van der Waals surface area (Å²) in [5, 5.41) is -0.223. The Bertz CT molecular complexity index is 767. The average Bonchev–Trinajstić information content (AvgIpc) is 2.69. The van der Waals surface area contributed by atoms with E-state index in [1.54, 1.807) is 31.4 Å². The van der Waals surface area contributed by atoms with Crippen molar-refractivity contribution in [1.29, 1.82) is 0 Å². The topological polar surface area (TPSA) is 81.9 Å². The van der Waals surface area contributed by atoms with Gasteiger partial charge in [-0.15, -0.1) is 35.8 Å². The van der Waals surface area contributed by atoms with Gasteiger partial charge in [0.2, 0.25) is 5.91 Å². The zero-order chi connectivity index (χ0) is 18.7. The van der Waals surface area contributed by atoms with Crippen molar-refractivity contribution in [3.63, 3.8) is 0 Å². The smallest absolute Gasteiger partial charge is 0.355 e. The fourth-order valence-corrected chi connectivity index (χ4v) is 4.14. The normalized spacial score (nSPS) is 21.4. The Morgan fingerprint density at radius 1 is 1.41 bits per heavy atom. The lowest BCUT2D eigenvalue weighted by molar-refractivity contribution is -0.151. The van der Waals surface area contributed by atoms with Crippen molar-refractivity contribution in [2.75, 3.05) is 18.7 Å². The lowest BCUT2D eigenvalue weighted by Crippen LogP contribution is -2.68. The highest BCUT2D eigenvalue weighted by Gasteiger charge is 2.51. The molecular weight excluding hydrogens is 411 g/mol. The summed E-state index contributed by atoms with van der Waals surface area (Å²) < 4.78 is 10.5. The Kier molecular flexibility index (Phi) is 7.61. The maximum Gasteiger partial charge on any atom is 0.355 e. The molecule has 1 aromatic rings. The van der Waals surface area contributed by atoms with Gasteiger partial charge in [0.1, 0.15) is 29.5 Å². The highest BCUT2D eigenvalue weighted by Crippen LogP contribution is 2.40. The van der Waals surface area contributed by atoms with Crippen LogP contribution in [-0.2, 0) is 20.9 Å². The van der Waals surface area contributed by atoms with Gasteiger partial charge in [0.05, 0.1) is 7.11 Å². The molecule has 1 saturated heterocycles. The third-order valence-corrected chi connectivity index (χ3v) is 5.67. The molecular formula is C18H20Cl2N2O4S. The molecule has 1 amide bonds. The second kappa shape index (κ2) is 9.50. The van der Waals surface area contributed by atoms with Crippen LogP contribution in [0.1, 0.15) is 5.56 Å². The van der Waals surface area contributed by atoms with Crippen molar-refractivity contribution in [2.45, 2.75) is 18.0 Å². The summed E-state index contributed by atoms with van der Waals surface area (Å²) in [6.45, 7) is 0.102. The number of rotatable bonds is 6. The summed E-state index contributed by atoms with van der Waals surface area (Å²) in [6.07, 6.45) is 3.50. The SMILES string of the molecule is COc1ccc(COC(=O)C2=C(/C=C\CCl)CS[C@@H]3[C@H](N)C(=O)N23)cc1.Cl. The number of nitrogens with two attached hydrogens (primary N) is 1. The molecule has 6 nitrogen and oxygen atoms in total. The number of carbonyl (C=O) groups excluding carboxylic acids is 2. The van der Waals surface area contributed by atoms with Crippen LogP contribution in [0.2, 0.25) is 0 Å². The molecule has 3 rings (SSSR count). The van der Waals surface area contributed by atoms with Gasteiger partial charge in [-0.3, -0.25) is 9.69 Å². The summed E-state index contributed by atoms with van der Waals surface area (Å²) in [5.41, 5.74) is 7.64. The van der Waals surface area contributed by atoms with E-state index in [-0.39, 0.29) is 36.0 Å². The number of β-lactam (4-membered cyclic amide) rings is 1. The summed E-state index contributed by atoms with van der Waals surface area (Å²) in [5.74, 6) is 0.807. The molecule has 1 aromatic carbocycles. The van der Waals surface area contributed by atoms with Crippen LogP contribution >= 0.6 is 35.8 Å². The predicted molar refractivity (Wildman–Crippen MR) is 108 cm³/mol. The second-order valence-electron chi connectivity index (χ2n) is 5.79. The zero-order valence-corrected chi connectivity index (χ0v) is 17.0. The van der Waals surface area contributed by atoms with Crippen molar-refractivity contribution in [1.82, 2.24) is 4.90 Å². The van der Waals surface area contributed by atoms with Crippen molar-refractivity contribution < 1.29 is 19.1 Å². The van der Waals surface area contributed by atoms with E-state index < -0.39 is 12.0 Å². The van der Waals surface area contributed by atoms with Gasteiger partial charge in [0.25, 0.3) is 0 Å². The molecule has 0 unspecified atom stereocenters. The molecule has 2 aliphatic rings. The van der Waals surface area contributed by atoms with E-state index in [4.69, 9.17) is 26.8 Å². The highest BCUT2D eigenvalue weighted by molar-refractivity contribution is 8.00. The van der Waals surface area contributed by atoms with Gasteiger partial charge in [-0.25, -0.2) is 4.79 Å². The first-order valence-corrected chi connectivity index (χ1v) is 9.61. The van der Waals surface area contributed by atoms with E-state index in [2.05, 4.69) is 0 Å². The van der Waals surface area contributed by atoms with E-state index >= 15 is 0 Å². The Morgan fingerprint density at radius 3 is 2.74 bits per heavy atom. The minimum Gasteiger partial charge on any atom is -0.497 e. The van der Waals surface area contributed by atoms with Crippen LogP contribution in [0.25, 0.3) is 0 Å². The van der Waals surface area contributed by atoms with Crippen LogP contribution in [-0.4, -0.2) is 46.9 Å². The predicted octanol–water partition coefficient (Wildman–Crippen LogP) is 2.45. The molecule has 0 aromatic heterocycles. The number of allylic oxidation sites excluding steroid dienone is 2. The maximum absolute atomic E-state index is 12.7. The number of hydrogen-bond acceptors (Lipinski definition) is 6. The number of carbonyl (C=O) groups is 2. The molecule has 2 N–H and O–H groups in total. The number of nitrogens with zero attached hydrogens (tertiary/aromatic N) is 1. The number of benzene rings is 1. The van der Waals surface area contributed by atoms with Gasteiger partial charge in [-0.2, -0.15) is 0 Å². The number of ether oxygens (including phenoxy) is 2. The van der Waals surface area contributed by atoms with Gasteiger partial charge in [-0.1, -0.05) is 24.3 Å². The average molecular weight is 431 g/mol. The minimum atomic E-state index is -0.581. The fourth-order valence-electron chi connectivity index (χ4n) is 2.78. The molecule has 0 saturated carbocycles. The van der Waals surface area contributed by atoms with Gasteiger partial charge in [0.15, 0.2) is 0 Å². The fraction of sp³-hybridized carbons (Fsp3) is 0.333. The third kappa shape index (κ3) is 4.43. The molecule has 2 heterocycles. The second-order valence-corrected chi connectivity index (χ2v) is 7.20. The van der Waals surface area contributed by atoms with Crippen LogP contribution in [0.3, 0.4) is 0 Å². The summed E-state index contributed by atoms with van der Waals surface area (Å²) in [6, 6.07) is 6.64. The molecule has 146 valence electrons. The Labute approximate surface area is 173 Å². The largest absolute Gasteiger partial charge is 0.497 e. The number of esters is 1. The molecule has 0 bridgehead atoms. The standard InChI is InChI=1S/C18H19ClN2O4S.ClH/c1-24-13-6-4-11(5-7-13)9-25-18(23)15-12(3-2-8-19)10-26-17-14(20)16(22)21(15)17;/h2-7,14,17H,8-10,20H2,1H3;1H/b3-2-;/t14-,17-;/m1./s1. The quantitative estimate of drug-likeness (QED) is 0.424. The molecule has 2 atom stereocenters. The van der Waals surface area contributed by atoms with Gasteiger partial charge in [0, 0.05) is 11.6 Å². The zero-order valence-electron chi connectivity index (χ0n) is 14.6. The van der Waals surface area contributed by atoms with Gasteiger partial charge < -0.3 is 15.2 Å². The third-order valence-electron chi connectivity index (χ3n) is 4.17. The van der Waals surface area contributed by atoms with Crippen molar-refractivity contribution in [3.05, 3.63) is 53.3 Å². The van der Waals surface area contributed by atoms with E-state index in [1.807, 2.05) is 12.1 Å². The monoisotopic (exact) mass is 430 g/mol. The summed E-state index contributed by atoms with van der Waals surface area (Å²) in [7, 11) is 1.59. The Morgan fingerprint density at radius 2 is 2.11 bits per heavy atom. The lowest BCUT2D eigenvalue weighted by atomic mass is 10.0. The van der Waals surface area contributed by atoms with Crippen LogP contribution in [0.5, 0.6) is 5.75 Å². The number of halogens is 2. The van der Waals surface area contributed by atoms with E-state index in [0.29, 0.717) is 17.2 Å². The molecule has 2 aliphatic heterocycles. The molecule has 0 spiro atoms. The molecule has 9 heteroatoms. The van der Waals surface area contributed by atoms with Crippen LogP contribution < -0.4 is 10.5 Å². The molecule has 0 aliphatic carbocycles. The first-order chi connectivity index (χ1) is 12.6. The number of alkyl halides is 1. The van der Waals surface area contributed by atoms with Crippen LogP contribution in [0, 0.1) is 0 Å². The van der Waals surface area contributed by atoms with Crippen molar-refractivity contribution in [3.8, 4) is 5.75 Å². The number of hydrogen-bond donors (Lipinski definition) is 1. The first kappa shape index (κ1) is 21.6.